The number of carbonyl (C=O) groups excluding carboxylic acids is 1. The number of thioether (sulfide) groups is 1. The van der Waals surface area contributed by atoms with E-state index in [-0.39, 0.29) is 11.5 Å². The SMILES string of the molecule is C=CCn1c(SC(C)C(=O)Nc2c(CC)cccc2CC)nc2scc(-c3ccccc3)c2c1=O. The number of para-hydroxylation sites is 1. The number of carbonyl (C=O) groups is 1. The van der Waals surface area contributed by atoms with E-state index in [2.05, 4.69) is 25.7 Å². The predicted octanol–water partition coefficient (Wildman–Crippen LogP) is 6.56. The molecule has 0 saturated carbocycles. The molecule has 4 aromatic rings. The molecule has 0 aliphatic heterocycles. The maximum absolute atomic E-state index is 13.6. The third-order valence-corrected chi connectivity index (χ3v) is 7.92. The Morgan fingerprint density at radius 2 is 1.83 bits per heavy atom. The number of aryl methyl sites for hydroxylation is 2. The number of aromatic nitrogens is 2. The van der Waals surface area contributed by atoms with Crippen LogP contribution in [0.5, 0.6) is 0 Å². The Labute approximate surface area is 213 Å². The quantitative estimate of drug-likeness (QED) is 0.160. The molecule has 2 aromatic carbocycles. The standard InChI is InChI=1S/C28H29N3O2S2/c1-5-16-31-27(33)23-22(21-12-9-8-10-13-21)17-34-26(23)30-28(31)35-18(4)25(32)29-24-19(6-2)14-11-15-20(24)7-3/h5,8-15,17-18H,1,6-7,16H2,2-4H3,(H,29,32). The molecule has 0 bridgehead atoms. The molecule has 0 fully saturated rings. The Morgan fingerprint density at radius 1 is 1.14 bits per heavy atom. The van der Waals surface area contributed by atoms with Gasteiger partial charge in [-0.25, -0.2) is 4.98 Å². The van der Waals surface area contributed by atoms with Crippen molar-refractivity contribution in [1.82, 2.24) is 9.55 Å². The highest BCUT2D eigenvalue weighted by Gasteiger charge is 2.22. The number of fused-ring (bicyclic) bond motifs is 1. The van der Waals surface area contributed by atoms with E-state index in [1.54, 1.807) is 10.6 Å². The maximum Gasteiger partial charge on any atom is 0.263 e. The first-order valence-electron chi connectivity index (χ1n) is 11.7. The van der Waals surface area contributed by atoms with Gasteiger partial charge in [0.05, 0.1) is 10.6 Å². The highest BCUT2D eigenvalue weighted by molar-refractivity contribution is 8.00. The van der Waals surface area contributed by atoms with Crippen molar-refractivity contribution in [2.45, 2.75) is 50.6 Å². The van der Waals surface area contributed by atoms with Crippen LogP contribution in [-0.2, 0) is 24.2 Å². The third-order valence-electron chi connectivity index (χ3n) is 5.95. The minimum Gasteiger partial charge on any atom is -0.325 e. The van der Waals surface area contributed by atoms with Crippen molar-refractivity contribution < 1.29 is 4.79 Å². The topological polar surface area (TPSA) is 64.0 Å². The number of nitrogens with one attached hydrogen (secondary N) is 1. The Bertz CT molecular complexity index is 1400. The molecule has 2 heterocycles. The first-order valence-corrected chi connectivity index (χ1v) is 13.5. The van der Waals surface area contributed by atoms with E-state index in [0.29, 0.717) is 21.9 Å². The van der Waals surface area contributed by atoms with Crippen LogP contribution in [-0.4, -0.2) is 20.7 Å². The molecule has 4 rings (SSSR count). The molecule has 1 N–H and O–H groups in total. The highest BCUT2D eigenvalue weighted by Crippen LogP contribution is 2.33. The summed E-state index contributed by atoms with van der Waals surface area (Å²) in [6.07, 6.45) is 3.36. The molecule has 7 heteroatoms. The molecule has 0 radical (unpaired) electrons. The zero-order valence-corrected chi connectivity index (χ0v) is 21.8. The third kappa shape index (κ3) is 5.11. The number of hydrogen-bond acceptors (Lipinski definition) is 5. The number of hydrogen-bond donors (Lipinski definition) is 1. The van der Waals surface area contributed by atoms with Crippen LogP contribution in [0.2, 0.25) is 0 Å². The van der Waals surface area contributed by atoms with E-state index in [1.165, 1.54) is 23.1 Å². The number of thiophene rings is 1. The Kier molecular flexibility index (Phi) is 7.88. The smallest absolute Gasteiger partial charge is 0.263 e. The average Bonchev–Trinajstić information content (AvgIpc) is 3.31. The molecule has 0 aliphatic carbocycles. The van der Waals surface area contributed by atoms with E-state index in [9.17, 15) is 9.59 Å². The molecule has 1 amide bonds. The van der Waals surface area contributed by atoms with Crippen molar-refractivity contribution in [3.63, 3.8) is 0 Å². The summed E-state index contributed by atoms with van der Waals surface area (Å²) in [5, 5.41) is 5.79. The number of benzene rings is 2. The van der Waals surface area contributed by atoms with Crippen molar-refractivity contribution in [1.29, 1.82) is 0 Å². The number of allylic oxidation sites excluding steroid dienone is 1. The number of anilines is 1. The zero-order valence-electron chi connectivity index (χ0n) is 20.2. The molecule has 2 aromatic heterocycles. The van der Waals surface area contributed by atoms with Gasteiger partial charge in [-0.15, -0.1) is 17.9 Å². The molecular formula is C28H29N3O2S2. The Morgan fingerprint density at radius 3 is 2.46 bits per heavy atom. The van der Waals surface area contributed by atoms with Crippen LogP contribution in [0.25, 0.3) is 21.3 Å². The van der Waals surface area contributed by atoms with Crippen molar-refractivity contribution in [2.75, 3.05) is 5.32 Å². The monoisotopic (exact) mass is 503 g/mol. The minimum absolute atomic E-state index is 0.110. The van der Waals surface area contributed by atoms with Gasteiger partial charge in [-0.2, -0.15) is 0 Å². The lowest BCUT2D eigenvalue weighted by Crippen LogP contribution is -2.27. The van der Waals surface area contributed by atoms with Gasteiger partial charge in [0.15, 0.2) is 5.16 Å². The van der Waals surface area contributed by atoms with Gasteiger partial charge in [-0.3, -0.25) is 14.2 Å². The van der Waals surface area contributed by atoms with Crippen LogP contribution in [0.15, 0.2) is 76.5 Å². The van der Waals surface area contributed by atoms with Gasteiger partial charge in [-0.05, 0) is 36.5 Å². The van der Waals surface area contributed by atoms with Crippen LogP contribution >= 0.6 is 23.1 Å². The lowest BCUT2D eigenvalue weighted by molar-refractivity contribution is -0.115. The molecule has 1 atom stereocenters. The fraction of sp³-hybridized carbons (Fsp3) is 0.250. The van der Waals surface area contributed by atoms with Gasteiger partial charge in [0.25, 0.3) is 5.56 Å². The van der Waals surface area contributed by atoms with Crippen LogP contribution < -0.4 is 10.9 Å². The number of nitrogens with zero attached hydrogens (tertiary/aromatic N) is 2. The van der Waals surface area contributed by atoms with Gasteiger partial charge >= 0.3 is 0 Å². The summed E-state index contributed by atoms with van der Waals surface area (Å²) in [5.41, 5.74) is 4.88. The van der Waals surface area contributed by atoms with Crippen molar-refractivity contribution in [2.24, 2.45) is 0 Å². The second kappa shape index (κ2) is 11.1. The molecule has 35 heavy (non-hydrogen) atoms. The summed E-state index contributed by atoms with van der Waals surface area (Å²) >= 11 is 2.74. The van der Waals surface area contributed by atoms with Gasteiger partial charge < -0.3 is 5.32 Å². The van der Waals surface area contributed by atoms with E-state index in [4.69, 9.17) is 4.98 Å². The summed E-state index contributed by atoms with van der Waals surface area (Å²) in [7, 11) is 0. The zero-order chi connectivity index (χ0) is 24.9. The Balaban J connectivity index is 1.67. The molecule has 180 valence electrons. The first-order chi connectivity index (χ1) is 17.0. The maximum atomic E-state index is 13.6. The molecule has 5 nitrogen and oxygen atoms in total. The van der Waals surface area contributed by atoms with Crippen LogP contribution in [0.1, 0.15) is 31.9 Å². The van der Waals surface area contributed by atoms with E-state index in [1.807, 2.05) is 60.8 Å². The van der Waals surface area contributed by atoms with Crippen LogP contribution in [0.3, 0.4) is 0 Å². The van der Waals surface area contributed by atoms with Crippen molar-refractivity contribution in [3.8, 4) is 11.1 Å². The van der Waals surface area contributed by atoms with Gasteiger partial charge in [-0.1, -0.05) is 80.2 Å². The molecule has 1 unspecified atom stereocenters. The number of amides is 1. The summed E-state index contributed by atoms with van der Waals surface area (Å²) in [5.74, 6) is -0.110. The van der Waals surface area contributed by atoms with Gasteiger partial charge in [0.2, 0.25) is 5.91 Å². The minimum atomic E-state index is -0.446. The Hall–Kier alpha value is -3.16. The average molecular weight is 504 g/mol. The van der Waals surface area contributed by atoms with Crippen molar-refractivity contribution >= 4 is 44.9 Å². The fourth-order valence-corrected chi connectivity index (χ4v) is 5.96. The van der Waals surface area contributed by atoms with E-state index >= 15 is 0 Å². The summed E-state index contributed by atoms with van der Waals surface area (Å²) in [6, 6.07) is 16.0. The molecular weight excluding hydrogens is 474 g/mol. The van der Waals surface area contributed by atoms with Crippen LogP contribution in [0, 0.1) is 0 Å². The van der Waals surface area contributed by atoms with E-state index in [0.717, 1.165) is 40.8 Å². The predicted molar refractivity (Wildman–Crippen MR) is 149 cm³/mol. The van der Waals surface area contributed by atoms with Gasteiger partial charge in [0, 0.05) is 23.2 Å². The largest absolute Gasteiger partial charge is 0.325 e. The summed E-state index contributed by atoms with van der Waals surface area (Å²) < 4.78 is 1.61. The first kappa shape index (κ1) is 24.9. The van der Waals surface area contributed by atoms with E-state index < -0.39 is 5.25 Å². The number of rotatable bonds is 9. The normalized spacial score (nSPS) is 12.0. The second-order valence-electron chi connectivity index (χ2n) is 8.20. The fourth-order valence-electron chi connectivity index (χ4n) is 4.06. The lowest BCUT2D eigenvalue weighted by Gasteiger charge is -2.18. The second-order valence-corrected chi connectivity index (χ2v) is 10.4. The molecule has 0 saturated heterocycles. The van der Waals surface area contributed by atoms with Crippen molar-refractivity contribution in [3.05, 3.63) is 88.0 Å². The lowest BCUT2D eigenvalue weighted by atomic mass is 10.0. The van der Waals surface area contributed by atoms with Gasteiger partial charge in [0.1, 0.15) is 4.83 Å². The molecule has 0 aliphatic rings. The summed E-state index contributed by atoms with van der Waals surface area (Å²) in [6.45, 7) is 10.2. The summed E-state index contributed by atoms with van der Waals surface area (Å²) in [4.78, 5) is 32.3. The van der Waals surface area contributed by atoms with Crippen LogP contribution in [0.4, 0.5) is 5.69 Å². The molecule has 0 spiro atoms. The highest BCUT2D eigenvalue weighted by atomic mass is 32.2.